The fraction of sp³-hybridized carbons (Fsp3) is 0.750. The third kappa shape index (κ3) is 4.42. The smallest absolute Gasteiger partial charge is 0.257 e. The Balaban J connectivity index is 2.62. The summed E-state index contributed by atoms with van der Waals surface area (Å²) in [5, 5.41) is 5.06. The van der Waals surface area contributed by atoms with E-state index in [0.29, 0.717) is 6.42 Å². The molecule has 1 aromatic heterocycles. The number of hydrogen-bond acceptors (Lipinski definition) is 3. The molecule has 0 spiro atoms. The van der Waals surface area contributed by atoms with Crippen LogP contribution >= 0.6 is 0 Å². The lowest BCUT2D eigenvalue weighted by Gasteiger charge is -2.05. The van der Waals surface area contributed by atoms with Crippen molar-refractivity contribution in [3.63, 3.8) is 0 Å². The molecular weight excluding hydrogens is 250 g/mol. The molecule has 0 radical (unpaired) electrons. The van der Waals surface area contributed by atoms with E-state index in [1.165, 1.54) is 25.7 Å². The van der Waals surface area contributed by atoms with Crippen molar-refractivity contribution in [3.05, 3.63) is 12.0 Å². The summed E-state index contributed by atoms with van der Waals surface area (Å²) in [5.74, 6) is 0.787. The lowest BCUT2D eigenvalue weighted by Crippen LogP contribution is -2.12. The molecule has 0 fully saturated rings. The summed E-state index contributed by atoms with van der Waals surface area (Å²) in [7, 11) is -3.69. The van der Waals surface area contributed by atoms with Crippen LogP contribution in [0.2, 0.25) is 0 Å². The maximum absolute atomic E-state index is 11.2. The van der Waals surface area contributed by atoms with Crippen LogP contribution in [0.25, 0.3) is 0 Å². The van der Waals surface area contributed by atoms with Crippen molar-refractivity contribution in [3.8, 4) is 0 Å². The first-order valence-corrected chi connectivity index (χ1v) is 8.12. The van der Waals surface area contributed by atoms with Gasteiger partial charge in [0.05, 0.1) is 0 Å². The number of imidazole rings is 1. The van der Waals surface area contributed by atoms with Crippen LogP contribution in [0.3, 0.4) is 0 Å². The molecule has 0 aromatic carbocycles. The average molecular weight is 273 g/mol. The highest BCUT2D eigenvalue weighted by Crippen LogP contribution is 2.11. The number of hydrogen-bond donors (Lipinski definition) is 1. The maximum Gasteiger partial charge on any atom is 0.257 e. The van der Waals surface area contributed by atoms with Crippen molar-refractivity contribution in [2.24, 2.45) is 5.14 Å². The molecule has 2 N–H and O–H groups in total. The van der Waals surface area contributed by atoms with Gasteiger partial charge in [-0.2, -0.15) is 0 Å². The second kappa shape index (κ2) is 6.89. The minimum atomic E-state index is -3.69. The predicted molar refractivity (Wildman–Crippen MR) is 71.7 cm³/mol. The van der Waals surface area contributed by atoms with Gasteiger partial charge in [0.2, 0.25) is 0 Å². The van der Waals surface area contributed by atoms with E-state index in [9.17, 15) is 8.42 Å². The molecule has 1 aromatic rings. The van der Waals surface area contributed by atoms with E-state index in [1.54, 1.807) is 6.20 Å². The van der Waals surface area contributed by atoms with Crippen molar-refractivity contribution >= 4 is 10.0 Å². The van der Waals surface area contributed by atoms with Gasteiger partial charge in [-0.3, -0.25) is 0 Å². The summed E-state index contributed by atoms with van der Waals surface area (Å²) in [4.78, 5) is 4.07. The van der Waals surface area contributed by atoms with Gasteiger partial charge < -0.3 is 4.57 Å². The van der Waals surface area contributed by atoms with Crippen LogP contribution in [0.4, 0.5) is 0 Å². The molecule has 0 aliphatic carbocycles. The molecule has 0 saturated heterocycles. The molecule has 0 unspecified atom stereocenters. The SMILES string of the molecule is CCCCCCCn1cc(S(N)(=O)=O)nc1CC. The third-order valence-corrected chi connectivity index (χ3v) is 3.73. The summed E-state index contributed by atoms with van der Waals surface area (Å²) in [5.41, 5.74) is 0. The molecule has 0 saturated carbocycles. The van der Waals surface area contributed by atoms with Crippen LogP contribution in [-0.4, -0.2) is 18.0 Å². The quantitative estimate of drug-likeness (QED) is 0.736. The summed E-state index contributed by atoms with van der Waals surface area (Å²) in [6.07, 6.45) is 8.19. The van der Waals surface area contributed by atoms with Crippen molar-refractivity contribution < 1.29 is 8.42 Å². The number of primary sulfonamides is 1. The normalized spacial score (nSPS) is 11.9. The molecule has 18 heavy (non-hydrogen) atoms. The van der Waals surface area contributed by atoms with Crippen molar-refractivity contribution in [1.82, 2.24) is 9.55 Å². The number of rotatable bonds is 8. The molecule has 1 heterocycles. The fourth-order valence-electron chi connectivity index (χ4n) is 1.93. The molecule has 0 aliphatic heterocycles. The Bertz CT molecular complexity index is 466. The van der Waals surface area contributed by atoms with Crippen LogP contribution in [0.5, 0.6) is 0 Å². The van der Waals surface area contributed by atoms with Crippen LogP contribution in [0.15, 0.2) is 11.2 Å². The number of sulfonamides is 1. The zero-order valence-electron chi connectivity index (χ0n) is 11.2. The van der Waals surface area contributed by atoms with Crippen LogP contribution in [0, 0.1) is 0 Å². The molecule has 0 atom stereocenters. The predicted octanol–water partition coefficient (Wildman–Crippen LogP) is 2.06. The van der Waals surface area contributed by atoms with Gasteiger partial charge in [-0.25, -0.2) is 18.5 Å². The van der Waals surface area contributed by atoms with Gasteiger partial charge in [-0.15, -0.1) is 0 Å². The highest BCUT2D eigenvalue weighted by atomic mass is 32.2. The Hall–Kier alpha value is -0.880. The highest BCUT2D eigenvalue weighted by molar-refractivity contribution is 7.89. The minimum Gasteiger partial charge on any atom is -0.333 e. The van der Waals surface area contributed by atoms with Gasteiger partial charge >= 0.3 is 0 Å². The topological polar surface area (TPSA) is 78.0 Å². The Morgan fingerprint density at radius 3 is 2.44 bits per heavy atom. The van der Waals surface area contributed by atoms with Crippen LogP contribution in [-0.2, 0) is 23.0 Å². The molecule has 1 rings (SSSR count). The fourth-order valence-corrected chi connectivity index (χ4v) is 2.43. The monoisotopic (exact) mass is 273 g/mol. The maximum atomic E-state index is 11.2. The van der Waals surface area contributed by atoms with Gasteiger partial charge in [0, 0.05) is 19.2 Å². The van der Waals surface area contributed by atoms with E-state index in [2.05, 4.69) is 11.9 Å². The minimum absolute atomic E-state index is 0.0205. The van der Waals surface area contributed by atoms with E-state index >= 15 is 0 Å². The zero-order valence-corrected chi connectivity index (χ0v) is 12.0. The van der Waals surface area contributed by atoms with Gasteiger partial charge in [0.15, 0.2) is 5.03 Å². The van der Waals surface area contributed by atoms with E-state index in [-0.39, 0.29) is 5.03 Å². The number of aromatic nitrogens is 2. The average Bonchev–Trinajstić information content (AvgIpc) is 2.72. The largest absolute Gasteiger partial charge is 0.333 e. The van der Waals surface area contributed by atoms with Gasteiger partial charge in [0.1, 0.15) is 5.82 Å². The lowest BCUT2D eigenvalue weighted by atomic mass is 10.1. The first-order chi connectivity index (χ1) is 8.49. The van der Waals surface area contributed by atoms with E-state index < -0.39 is 10.0 Å². The Morgan fingerprint density at radius 2 is 1.89 bits per heavy atom. The Kier molecular flexibility index (Phi) is 5.81. The first-order valence-electron chi connectivity index (χ1n) is 6.57. The third-order valence-electron chi connectivity index (χ3n) is 2.95. The van der Waals surface area contributed by atoms with Crippen molar-refractivity contribution in [2.75, 3.05) is 0 Å². The van der Waals surface area contributed by atoms with E-state index in [1.807, 2.05) is 11.5 Å². The summed E-state index contributed by atoms with van der Waals surface area (Å²) < 4.78 is 24.4. The summed E-state index contributed by atoms with van der Waals surface area (Å²) in [6, 6.07) is 0. The number of aryl methyl sites for hydroxylation is 2. The van der Waals surface area contributed by atoms with Gasteiger partial charge in [0.25, 0.3) is 10.0 Å². The highest BCUT2D eigenvalue weighted by Gasteiger charge is 2.14. The second-order valence-electron chi connectivity index (χ2n) is 4.50. The molecule has 5 nitrogen and oxygen atoms in total. The molecular formula is C12H23N3O2S. The number of nitrogens with zero attached hydrogens (tertiary/aromatic N) is 2. The zero-order chi connectivity index (χ0) is 13.6. The summed E-state index contributed by atoms with van der Waals surface area (Å²) >= 11 is 0. The molecule has 0 amide bonds. The summed E-state index contributed by atoms with van der Waals surface area (Å²) in [6.45, 7) is 4.96. The standard InChI is InChI=1S/C12H23N3O2S/c1-3-5-6-7-8-9-15-10-12(18(13,16)17)14-11(15)4-2/h10H,3-9H2,1-2H3,(H2,13,16,17). The van der Waals surface area contributed by atoms with Crippen molar-refractivity contribution in [1.29, 1.82) is 0 Å². The van der Waals surface area contributed by atoms with E-state index in [0.717, 1.165) is 18.8 Å². The Labute approximate surface area is 109 Å². The first kappa shape index (κ1) is 15.2. The van der Waals surface area contributed by atoms with Gasteiger partial charge in [-0.05, 0) is 6.42 Å². The lowest BCUT2D eigenvalue weighted by molar-refractivity contribution is 0.555. The molecule has 6 heteroatoms. The molecule has 104 valence electrons. The van der Waals surface area contributed by atoms with Crippen LogP contribution < -0.4 is 5.14 Å². The van der Waals surface area contributed by atoms with Gasteiger partial charge in [-0.1, -0.05) is 39.5 Å². The van der Waals surface area contributed by atoms with Crippen LogP contribution in [0.1, 0.15) is 51.8 Å². The number of nitrogens with two attached hydrogens (primary N) is 1. The molecule has 0 aliphatic rings. The van der Waals surface area contributed by atoms with E-state index in [4.69, 9.17) is 5.14 Å². The second-order valence-corrected chi connectivity index (χ2v) is 6.01. The number of unbranched alkanes of at least 4 members (excludes halogenated alkanes) is 4. The Morgan fingerprint density at radius 1 is 1.22 bits per heavy atom. The van der Waals surface area contributed by atoms with Crippen molar-refractivity contribution in [2.45, 2.75) is 63.9 Å². The molecule has 0 bridgehead atoms.